The van der Waals surface area contributed by atoms with E-state index < -0.39 is 5.97 Å². The Kier molecular flexibility index (Phi) is 5.30. The molecule has 0 aromatic heterocycles. The van der Waals surface area contributed by atoms with Crippen molar-refractivity contribution in [2.75, 3.05) is 5.32 Å². The van der Waals surface area contributed by atoms with Crippen LogP contribution in [0.15, 0.2) is 22.7 Å². The van der Waals surface area contributed by atoms with Gasteiger partial charge in [0.05, 0.1) is 5.56 Å². The molecule has 1 aromatic rings. The molecule has 4 N–H and O–H groups in total. The summed E-state index contributed by atoms with van der Waals surface area (Å²) in [5.41, 5.74) is 6.22. The van der Waals surface area contributed by atoms with Crippen molar-refractivity contribution in [3.63, 3.8) is 0 Å². The standard InChI is InChI=1S/C12H15BrN2O3/c1-2-9(14)6-11(16)15-10-4-7(12(17)18)3-8(13)5-10/h3-5,9H,2,6,14H2,1H3,(H,15,16)(H,17,18). The first-order valence-electron chi connectivity index (χ1n) is 5.51. The van der Waals surface area contributed by atoms with Crippen LogP contribution in [0, 0.1) is 0 Å². The van der Waals surface area contributed by atoms with Crippen molar-refractivity contribution in [3.8, 4) is 0 Å². The highest BCUT2D eigenvalue weighted by molar-refractivity contribution is 9.10. The molecule has 1 amide bonds. The van der Waals surface area contributed by atoms with Crippen molar-refractivity contribution >= 4 is 33.5 Å². The number of carbonyl (C=O) groups is 2. The number of aromatic carboxylic acids is 1. The minimum atomic E-state index is -1.04. The molecule has 0 heterocycles. The van der Waals surface area contributed by atoms with Crippen LogP contribution in [0.25, 0.3) is 0 Å². The molecule has 1 unspecified atom stereocenters. The molecule has 0 radical (unpaired) electrons. The number of halogens is 1. The Morgan fingerprint density at radius 1 is 1.44 bits per heavy atom. The SMILES string of the molecule is CCC(N)CC(=O)Nc1cc(Br)cc(C(=O)O)c1. The van der Waals surface area contributed by atoms with Crippen molar-refractivity contribution < 1.29 is 14.7 Å². The van der Waals surface area contributed by atoms with Crippen LogP contribution in [0.5, 0.6) is 0 Å². The number of carbonyl (C=O) groups excluding carboxylic acids is 1. The Balaban J connectivity index is 2.78. The Morgan fingerprint density at radius 2 is 2.11 bits per heavy atom. The van der Waals surface area contributed by atoms with E-state index >= 15 is 0 Å². The molecule has 0 saturated carbocycles. The first-order chi connectivity index (χ1) is 8.42. The number of carboxylic acids is 1. The Hall–Kier alpha value is -1.40. The third-order valence-electron chi connectivity index (χ3n) is 2.40. The third kappa shape index (κ3) is 4.46. The maximum absolute atomic E-state index is 11.6. The topological polar surface area (TPSA) is 92.4 Å². The average Bonchev–Trinajstić information content (AvgIpc) is 2.27. The summed E-state index contributed by atoms with van der Waals surface area (Å²) in [6.45, 7) is 1.90. The molecular formula is C12H15BrN2O3. The molecule has 5 nitrogen and oxygen atoms in total. The quantitative estimate of drug-likeness (QED) is 0.777. The number of amides is 1. The van der Waals surface area contributed by atoms with Crippen LogP contribution in [-0.2, 0) is 4.79 Å². The van der Waals surface area contributed by atoms with Gasteiger partial charge in [-0.1, -0.05) is 22.9 Å². The van der Waals surface area contributed by atoms with Gasteiger partial charge in [0.25, 0.3) is 0 Å². The minimum Gasteiger partial charge on any atom is -0.478 e. The fourth-order valence-electron chi connectivity index (χ4n) is 1.38. The van der Waals surface area contributed by atoms with E-state index in [4.69, 9.17) is 10.8 Å². The van der Waals surface area contributed by atoms with Gasteiger partial charge in [0.2, 0.25) is 5.91 Å². The number of rotatable bonds is 5. The molecule has 1 aromatic carbocycles. The predicted molar refractivity (Wildman–Crippen MR) is 72.6 cm³/mol. The Bertz CT molecular complexity index is 463. The smallest absolute Gasteiger partial charge is 0.335 e. The van der Waals surface area contributed by atoms with Crippen LogP contribution in [0.3, 0.4) is 0 Å². The summed E-state index contributed by atoms with van der Waals surface area (Å²) in [7, 11) is 0. The molecule has 0 aliphatic heterocycles. The molecule has 1 rings (SSSR count). The van der Waals surface area contributed by atoms with Gasteiger partial charge >= 0.3 is 5.97 Å². The lowest BCUT2D eigenvalue weighted by Gasteiger charge is -2.10. The van der Waals surface area contributed by atoms with Gasteiger partial charge in [-0.2, -0.15) is 0 Å². The Labute approximate surface area is 113 Å². The molecular weight excluding hydrogens is 300 g/mol. The van der Waals surface area contributed by atoms with E-state index in [2.05, 4.69) is 21.2 Å². The van der Waals surface area contributed by atoms with Gasteiger partial charge < -0.3 is 16.2 Å². The molecule has 18 heavy (non-hydrogen) atoms. The summed E-state index contributed by atoms with van der Waals surface area (Å²) in [5.74, 6) is -1.27. The fraction of sp³-hybridized carbons (Fsp3) is 0.333. The normalized spacial score (nSPS) is 11.9. The molecule has 0 saturated heterocycles. The van der Waals surface area contributed by atoms with Gasteiger partial charge in [-0.05, 0) is 24.6 Å². The van der Waals surface area contributed by atoms with Gasteiger partial charge in [-0.3, -0.25) is 4.79 Å². The molecule has 0 fully saturated rings. The number of nitrogens with two attached hydrogens (primary N) is 1. The van der Waals surface area contributed by atoms with Gasteiger partial charge in [-0.25, -0.2) is 4.79 Å². The molecule has 0 bridgehead atoms. The van der Waals surface area contributed by atoms with Crippen molar-refractivity contribution in [3.05, 3.63) is 28.2 Å². The summed E-state index contributed by atoms with van der Waals surface area (Å²) < 4.78 is 0.595. The van der Waals surface area contributed by atoms with Crippen molar-refractivity contribution in [1.29, 1.82) is 0 Å². The zero-order valence-corrected chi connectivity index (χ0v) is 11.5. The first kappa shape index (κ1) is 14.7. The maximum Gasteiger partial charge on any atom is 0.335 e. The number of nitrogens with one attached hydrogen (secondary N) is 1. The molecule has 98 valence electrons. The van der Waals surface area contributed by atoms with E-state index in [1.807, 2.05) is 6.92 Å². The highest BCUT2D eigenvalue weighted by Crippen LogP contribution is 2.20. The first-order valence-corrected chi connectivity index (χ1v) is 6.31. The third-order valence-corrected chi connectivity index (χ3v) is 2.86. The number of carboxylic acid groups (broad SMARTS) is 1. The summed E-state index contributed by atoms with van der Waals surface area (Å²) in [5, 5.41) is 11.5. The average molecular weight is 315 g/mol. The number of hydrogen-bond donors (Lipinski definition) is 3. The summed E-state index contributed by atoms with van der Waals surface area (Å²) in [6.07, 6.45) is 0.928. The van der Waals surface area contributed by atoms with Crippen LogP contribution in [0.4, 0.5) is 5.69 Å². The van der Waals surface area contributed by atoms with E-state index in [1.54, 1.807) is 6.07 Å². The van der Waals surface area contributed by atoms with E-state index in [0.717, 1.165) is 0 Å². The molecule has 6 heteroatoms. The molecule has 0 aliphatic rings. The van der Waals surface area contributed by atoms with Gasteiger partial charge in [-0.15, -0.1) is 0 Å². The molecule has 1 atom stereocenters. The van der Waals surface area contributed by atoms with E-state index in [9.17, 15) is 9.59 Å². The summed E-state index contributed by atoms with van der Waals surface area (Å²) in [6, 6.07) is 4.33. The van der Waals surface area contributed by atoms with Crippen LogP contribution in [0.1, 0.15) is 30.1 Å². The fourth-order valence-corrected chi connectivity index (χ4v) is 1.87. The van der Waals surface area contributed by atoms with E-state index in [-0.39, 0.29) is 23.9 Å². The lowest BCUT2D eigenvalue weighted by Crippen LogP contribution is -2.26. The second-order valence-corrected chi connectivity index (χ2v) is 4.87. The van der Waals surface area contributed by atoms with Crippen molar-refractivity contribution in [2.24, 2.45) is 5.73 Å². The molecule has 0 spiro atoms. The van der Waals surface area contributed by atoms with Crippen molar-refractivity contribution in [2.45, 2.75) is 25.8 Å². The van der Waals surface area contributed by atoms with Gasteiger partial charge in [0.15, 0.2) is 0 Å². The monoisotopic (exact) mass is 314 g/mol. The zero-order valence-electron chi connectivity index (χ0n) is 9.94. The van der Waals surface area contributed by atoms with E-state index in [0.29, 0.717) is 16.6 Å². The van der Waals surface area contributed by atoms with Crippen LogP contribution < -0.4 is 11.1 Å². The van der Waals surface area contributed by atoms with Crippen LogP contribution in [0.2, 0.25) is 0 Å². The minimum absolute atomic E-state index is 0.111. The van der Waals surface area contributed by atoms with Crippen LogP contribution >= 0.6 is 15.9 Å². The van der Waals surface area contributed by atoms with E-state index in [1.165, 1.54) is 12.1 Å². The highest BCUT2D eigenvalue weighted by atomic mass is 79.9. The second-order valence-electron chi connectivity index (χ2n) is 3.95. The number of benzene rings is 1. The van der Waals surface area contributed by atoms with Crippen molar-refractivity contribution in [1.82, 2.24) is 0 Å². The number of anilines is 1. The Morgan fingerprint density at radius 3 is 2.67 bits per heavy atom. The van der Waals surface area contributed by atoms with Crippen LogP contribution in [-0.4, -0.2) is 23.0 Å². The lowest BCUT2D eigenvalue weighted by atomic mass is 10.1. The van der Waals surface area contributed by atoms with Gasteiger partial charge in [0.1, 0.15) is 0 Å². The molecule has 0 aliphatic carbocycles. The number of hydrogen-bond acceptors (Lipinski definition) is 3. The maximum atomic E-state index is 11.6. The largest absolute Gasteiger partial charge is 0.478 e. The van der Waals surface area contributed by atoms with Gasteiger partial charge in [0, 0.05) is 22.6 Å². The zero-order chi connectivity index (χ0) is 13.7. The highest BCUT2D eigenvalue weighted by Gasteiger charge is 2.10. The predicted octanol–water partition coefficient (Wildman–Crippen LogP) is 2.21. The summed E-state index contributed by atoms with van der Waals surface area (Å²) >= 11 is 3.20. The lowest BCUT2D eigenvalue weighted by molar-refractivity contribution is -0.116. The summed E-state index contributed by atoms with van der Waals surface area (Å²) in [4.78, 5) is 22.5. The second kappa shape index (κ2) is 6.51.